The van der Waals surface area contributed by atoms with E-state index in [0.29, 0.717) is 5.92 Å². The molecule has 0 bridgehead atoms. The molecule has 0 aromatic heterocycles. The van der Waals surface area contributed by atoms with Crippen molar-refractivity contribution in [3.63, 3.8) is 0 Å². The largest absolute Gasteiger partial charge is 0.299 e. The Labute approximate surface area is 103 Å². The second-order valence-electron chi connectivity index (χ2n) is 5.18. The van der Waals surface area contributed by atoms with Gasteiger partial charge in [-0.05, 0) is 45.7 Å². The first-order valence-corrected chi connectivity index (χ1v) is 6.40. The third-order valence-electron chi connectivity index (χ3n) is 3.77. The number of carbonyl (C=O) groups excluding carboxylic acids is 1. The Hall–Kier alpha value is -1.19. The summed E-state index contributed by atoms with van der Waals surface area (Å²) < 4.78 is 0. The van der Waals surface area contributed by atoms with Gasteiger partial charge in [0.05, 0.1) is 12.0 Å². The Morgan fingerprint density at radius 2 is 2.35 bits per heavy atom. The van der Waals surface area contributed by atoms with Gasteiger partial charge in [0.25, 0.3) is 0 Å². The molecule has 2 rings (SSSR count). The molecular formula is C13H21N3O. The Morgan fingerprint density at radius 3 is 2.88 bits per heavy atom. The molecule has 2 aliphatic rings. The van der Waals surface area contributed by atoms with Crippen molar-refractivity contribution in [2.75, 3.05) is 13.1 Å². The minimum Gasteiger partial charge on any atom is -0.299 e. The molecule has 0 saturated carbocycles. The van der Waals surface area contributed by atoms with Crippen LogP contribution in [0.3, 0.4) is 0 Å². The number of hydrazone groups is 1. The van der Waals surface area contributed by atoms with E-state index >= 15 is 0 Å². The summed E-state index contributed by atoms with van der Waals surface area (Å²) in [6.45, 7) is 7.55. The van der Waals surface area contributed by atoms with E-state index in [2.05, 4.69) is 22.0 Å². The van der Waals surface area contributed by atoms with Gasteiger partial charge in [0.15, 0.2) is 0 Å². The Bertz CT molecular complexity index is 362. The van der Waals surface area contributed by atoms with Crippen molar-refractivity contribution in [3.8, 4) is 0 Å². The summed E-state index contributed by atoms with van der Waals surface area (Å²) in [6, 6.07) is 0.207. The van der Waals surface area contributed by atoms with Crippen LogP contribution in [0.4, 0.5) is 0 Å². The number of ketones is 1. The molecule has 2 aliphatic heterocycles. The molecule has 3 atom stereocenters. The minimum absolute atomic E-state index is 0.0120. The van der Waals surface area contributed by atoms with E-state index in [-0.39, 0.29) is 17.7 Å². The van der Waals surface area contributed by atoms with Crippen LogP contribution in [-0.4, -0.2) is 41.8 Å². The number of rotatable bonds is 3. The smallest absolute Gasteiger partial charge is 0.140 e. The maximum Gasteiger partial charge on any atom is 0.140 e. The zero-order valence-electron chi connectivity index (χ0n) is 10.9. The van der Waals surface area contributed by atoms with Crippen LogP contribution in [0.1, 0.15) is 33.6 Å². The molecule has 0 saturated heterocycles. The van der Waals surface area contributed by atoms with E-state index in [9.17, 15) is 4.79 Å². The predicted octanol–water partition coefficient (Wildman–Crippen LogP) is 1.75. The Kier molecular flexibility index (Phi) is 3.60. The van der Waals surface area contributed by atoms with E-state index < -0.39 is 0 Å². The fraction of sp³-hybridized carbons (Fsp3) is 0.769. The van der Waals surface area contributed by atoms with Crippen molar-refractivity contribution in [2.24, 2.45) is 21.9 Å². The SMILES string of the molecule is CC(=O)C1C(C)=NN(CC2CCC=NC2)C1C. The lowest BCUT2D eigenvalue weighted by atomic mass is 9.93. The summed E-state index contributed by atoms with van der Waals surface area (Å²) in [6.07, 6.45) is 4.27. The highest BCUT2D eigenvalue weighted by Gasteiger charge is 2.35. The summed E-state index contributed by atoms with van der Waals surface area (Å²) in [7, 11) is 0. The van der Waals surface area contributed by atoms with E-state index in [4.69, 9.17) is 0 Å². The average molecular weight is 235 g/mol. The molecule has 94 valence electrons. The third kappa shape index (κ3) is 2.56. The zero-order chi connectivity index (χ0) is 12.4. The van der Waals surface area contributed by atoms with Crippen molar-refractivity contribution < 1.29 is 4.79 Å². The monoisotopic (exact) mass is 235 g/mol. The topological polar surface area (TPSA) is 45.0 Å². The van der Waals surface area contributed by atoms with Gasteiger partial charge in [-0.15, -0.1) is 0 Å². The van der Waals surface area contributed by atoms with Crippen molar-refractivity contribution in [3.05, 3.63) is 0 Å². The molecule has 4 heteroatoms. The molecule has 17 heavy (non-hydrogen) atoms. The molecule has 2 heterocycles. The van der Waals surface area contributed by atoms with Gasteiger partial charge in [-0.2, -0.15) is 5.10 Å². The second kappa shape index (κ2) is 4.98. The lowest BCUT2D eigenvalue weighted by Gasteiger charge is -2.28. The molecule has 0 radical (unpaired) electrons. The molecule has 3 unspecified atom stereocenters. The number of nitrogens with zero attached hydrogens (tertiary/aromatic N) is 3. The van der Waals surface area contributed by atoms with Gasteiger partial charge < -0.3 is 0 Å². The fourth-order valence-electron chi connectivity index (χ4n) is 2.85. The van der Waals surface area contributed by atoms with E-state index in [1.54, 1.807) is 6.92 Å². The Morgan fingerprint density at radius 1 is 1.59 bits per heavy atom. The lowest BCUT2D eigenvalue weighted by Crippen LogP contribution is -2.37. The highest BCUT2D eigenvalue weighted by atomic mass is 16.1. The predicted molar refractivity (Wildman–Crippen MR) is 69.5 cm³/mol. The van der Waals surface area contributed by atoms with Crippen molar-refractivity contribution in [1.82, 2.24) is 5.01 Å². The van der Waals surface area contributed by atoms with Crippen LogP contribution in [0.5, 0.6) is 0 Å². The highest BCUT2D eigenvalue weighted by molar-refractivity contribution is 6.04. The van der Waals surface area contributed by atoms with Crippen molar-refractivity contribution in [1.29, 1.82) is 0 Å². The summed E-state index contributed by atoms with van der Waals surface area (Å²) in [4.78, 5) is 15.9. The van der Waals surface area contributed by atoms with Crippen LogP contribution >= 0.6 is 0 Å². The number of hydrogen-bond acceptors (Lipinski definition) is 4. The highest BCUT2D eigenvalue weighted by Crippen LogP contribution is 2.25. The lowest BCUT2D eigenvalue weighted by molar-refractivity contribution is -0.119. The van der Waals surface area contributed by atoms with Gasteiger partial charge in [0.1, 0.15) is 5.78 Å². The molecule has 0 aromatic carbocycles. The standard InChI is InChI=1S/C13H21N3O/c1-9-13(11(3)17)10(2)16(15-9)8-12-5-4-6-14-7-12/h6,10,12-13H,4-5,7-8H2,1-3H3. The van der Waals surface area contributed by atoms with Gasteiger partial charge >= 0.3 is 0 Å². The first-order chi connectivity index (χ1) is 8.09. The van der Waals surface area contributed by atoms with Gasteiger partial charge in [-0.1, -0.05) is 0 Å². The molecular weight excluding hydrogens is 214 g/mol. The van der Waals surface area contributed by atoms with Gasteiger partial charge in [-0.25, -0.2) is 0 Å². The third-order valence-corrected chi connectivity index (χ3v) is 3.77. The zero-order valence-corrected chi connectivity index (χ0v) is 10.9. The average Bonchev–Trinajstić information content (AvgIpc) is 2.55. The van der Waals surface area contributed by atoms with Crippen molar-refractivity contribution in [2.45, 2.75) is 39.7 Å². The summed E-state index contributed by atoms with van der Waals surface area (Å²) in [5.74, 6) is 0.801. The molecule has 0 fully saturated rings. The van der Waals surface area contributed by atoms with Crippen LogP contribution in [0, 0.1) is 11.8 Å². The van der Waals surface area contributed by atoms with Crippen LogP contribution in [0.2, 0.25) is 0 Å². The van der Waals surface area contributed by atoms with Gasteiger partial charge in [-0.3, -0.25) is 14.8 Å². The second-order valence-corrected chi connectivity index (χ2v) is 5.18. The maximum absolute atomic E-state index is 11.6. The molecule has 0 aromatic rings. The van der Waals surface area contributed by atoms with Crippen LogP contribution in [0.25, 0.3) is 0 Å². The van der Waals surface area contributed by atoms with E-state index in [1.165, 1.54) is 6.42 Å². The Balaban J connectivity index is 1.99. The maximum atomic E-state index is 11.6. The number of carbonyl (C=O) groups is 1. The molecule has 0 spiro atoms. The normalized spacial score (nSPS) is 32.8. The minimum atomic E-state index is -0.0120. The summed E-state index contributed by atoms with van der Waals surface area (Å²) in [5.41, 5.74) is 0.962. The first kappa shape index (κ1) is 12.3. The van der Waals surface area contributed by atoms with E-state index in [0.717, 1.165) is 25.2 Å². The fourth-order valence-corrected chi connectivity index (χ4v) is 2.85. The number of hydrogen-bond donors (Lipinski definition) is 0. The molecule has 0 N–H and O–H groups in total. The van der Waals surface area contributed by atoms with Crippen LogP contribution in [-0.2, 0) is 4.79 Å². The number of aliphatic imine (C=N–C) groups is 1. The quantitative estimate of drug-likeness (QED) is 0.748. The van der Waals surface area contributed by atoms with Crippen LogP contribution < -0.4 is 0 Å². The summed E-state index contributed by atoms with van der Waals surface area (Å²) in [5, 5.41) is 6.63. The molecule has 0 aliphatic carbocycles. The van der Waals surface area contributed by atoms with Gasteiger partial charge in [0.2, 0.25) is 0 Å². The molecule has 4 nitrogen and oxygen atoms in total. The van der Waals surface area contributed by atoms with Crippen molar-refractivity contribution >= 4 is 17.7 Å². The van der Waals surface area contributed by atoms with E-state index in [1.807, 2.05) is 13.1 Å². The first-order valence-electron chi connectivity index (χ1n) is 6.40. The number of Topliss-reactive ketones (excluding diaryl/α,β-unsaturated/α-hetero) is 1. The molecule has 0 amide bonds. The summed E-state index contributed by atoms with van der Waals surface area (Å²) >= 11 is 0. The van der Waals surface area contributed by atoms with Gasteiger partial charge in [0, 0.05) is 18.8 Å². The van der Waals surface area contributed by atoms with Crippen LogP contribution in [0.15, 0.2) is 10.1 Å².